The van der Waals surface area contributed by atoms with Crippen LogP contribution in [0.15, 0.2) is 54.6 Å². The van der Waals surface area contributed by atoms with Gasteiger partial charge in [-0.3, -0.25) is 0 Å². The van der Waals surface area contributed by atoms with Crippen LogP contribution in [0.1, 0.15) is 17.2 Å². The van der Waals surface area contributed by atoms with Crippen LogP contribution in [0, 0.1) is 0 Å². The quantitative estimate of drug-likeness (QED) is 0.850. The van der Waals surface area contributed by atoms with E-state index in [2.05, 4.69) is 0 Å². The first kappa shape index (κ1) is 15.1. The highest BCUT2D eigenvalue weighted by atomic mass is 16.5. The summed E-state index contributed by atoms with van der Waals surface area (Å²) >= 11 is 0. The van der Waals surface area contributed by atoms with Crippen LogP contribution in [0.5, 0.6) is 5.75 Å². The lowest BCUT2D eigenvalue weighted by Gasteiger charge is -2.15. The fourth-order valence-electron chi connectivity index (χ4n) is 1.98. The highest BCUT2D eigenvalue weighted by molar-refractivity contribution is 5.74. The van der Waals surface area contributed by atoms with Gasteiger partial charge in [-0.25, -0.2) is 4.79 Å². The van der Waals surface area contributed by atoms with Crippen LogP contribution in [-0.4, -0.2) is 24.8 Å². The van der Waals surface area contributed by atoms with Gasteiger partial charge >= 0.3 is 5.97 Å². The third-order valence-electron chi connectivity index (χ3n) is 3.10. The Hall–Kier alpha value is -2.33. The minimum absolute atomic E-state index is 0.535. The van der Waals surface area contributed by atoms with E-state index < -0.39 is 12.1 Å². The molecule has 0 amide bonds. The molecule has 4 heteroatoms. The first-order valence-corrected chi connectivity index (χ1v) is 6.73. The van der Waals surface area contributed by atoms with E-state index in [1.807, 2.05) is 18.2 Å². The maximum atomic E-state index is 11.4. The molecule has 2 aromatic carbocycles. The van der Waals surface area contributed by atoms with Crippen LogP contribution in [-0.2, 0) is 16.0 Å². The standard InChI is InChI=1S/C17H18O4/c1-20-12-11-13-7-9-15(10-8-13)21-16(17(18)19)14-5-3-2-4-6-14/h2-10,16H,11-12H2,1H3,(H,18,19). The zero-order chi connectivity index (χ0) is 15.1. The summed E-state index contributed by atoms with van der Waals surface area (Å²) in [5, 5.41) is 9.32. The Balaban J connectivity index is 2.09. The Morgan fingerprint density at radius 1 is 1.10 bits per heavy atom. The Morgan fingerprint density at radius 3 is 2.33 bits per heavy atom. The van der Waals surface area contributed by atoms with Gasteiger partial charge < -0.3 is 14.6 Å². The van der Waals surface area contributed by atoms with E-state index in [1.54, 1.807) is 43.5 Å². The maximum absolute atomic E-state index is 11.4. The van der Waals surface area contributed by atoms with Crippen molar-refractivity contribution in [2.45, 2.75) is 12.5 Å². The zero-order valence-corrected chi connectivity index (χ0v) is 11.9. The molecule has 4 nitrogen and oxygen atoms in total. The van der Waals surface area contributed by atoms with Crippen molar-refractivity contribution in [3.8, 4) is 5.75 Å². The van der Waals surface area contributed by atoms with Gasteiger partial charge in [0.25, 0.3) is 0 Å². The largest absolute Gasteiger partial charge is 0.478 e. The summed E-state index contributed by atoms with van der Waals surface area (Å²) in [5.41, 5.74) is 1.74. The van der Waals surface area contributed by atoms with E-state index in [-0.39, 0.29) is 0 Å². The fraction of sp³-hybridized carbons (Fsp3) is 0.235. The molecule has 0 fully saturated rings. The van der Waals surface area contributed by atoms with E-state index in [1.165, 1.54) is 0 Å². The predicted octanol–water partition coefficient (Wildman–Crippen LogP) is 3.08. The normalized spacial score (nSPS) is 11.9. The predicted molar refractivity (Wildman–Crippen MR) is 79.5 cm³/mol. The van der Waals surface area contributed by atoms with Gasteiger partial charge in [0.15, 0.2) is 0 Å². The highest BCUT2D eigenvalue weighted by Gasteiger charge is 2.21. The number of ether oxygens (including phenoxy) is 2. The van der Waals surface area contributed by atoms with Gasteiger partial charge in [0.2, 0.25) is 6.10 Å². The second-order valence-electron chi connectivity index (χ2n) is 4.63. The van der Waals surface area contributed by atoms with Crippen molar-refractivity contribution in [1.29, 1.82) is 0 Å². The molecule has 0 aliphatic rings. The van der Waals surface area contributed by atoms with Crippen LogP contribution in [0.2, 0.25) is 0 Å². The Morgan fingerprint density at radius 2 is 1.76 bits per heavy atom. The minimum atomic E-state index is -1.01. The van der Waals surface area contributed by atoms with Gasteiger partial charge in [-0.15, -0.1) is 0 Å². The topological polar surface area (TPSA) is 55.8 Å². The summed E-state index contributed by atoms with van der Waals surface area (Å²) < 4.78 is 10.6. The number of rotatable bonds is 7. The lowest BCUT2D eigenvalue weighted by atomic mass is 10.1. The summed E-state index contributed by atoms with van der Waals surface area (Å²) in [6, 6.07) is 16.3. The molecule has 0 aliphatic heterocycles. The van der Waals surface area contributed by atoms with Crippen molar-refractivity contribution in [3.63, 3.8) is 0 Å². The van der Waals surface area contributed by atoms with Crippen LogP contribution in [0.3, 0.4) is 0 Å². The SMILES string of the molecule is COCCc1ccc(OC(C(=O)O)c2ccccc2)cc1. The molecule has 0 aliphatic carbocycles. The molecule has 0 heterocycles. The molecule has 2 aromatic rings. The monoisotopic (exact) mass is 286 g/mol. The third kappa shape index (κ3) is 4.33. The molecule has 2 rings (SSSR count). The number of hydrogen-bond donors (Lipinski definition) is 1. The second kappa shape index (κ2) is 7.45. The van der Waals surface area contributed by atoms with Crippen molar-refractivity contribution >= 4 is 5.97 Å². The molecular weight excluding hydrogens is 268 g/mol. The average molecular weight is 286 g/mol. The van der Waals surface area contributed by atoms with E-state index in [9.17, 15) is 9.90 Å². The van der Waals surface area contributed by atoms with Crippen LogP contribution in [0.4, 0.5) is 0 Å². The number of aliphatic carboxylic acids is 1. The summed E-state index contributed by atoms with van der Waals surface area (Å²) in [7, 11) is 1.66. The molecule has 110 valence electrons. The molecule has 0 radical (unpaired) electrons. The van der Waals surface area contributed by atoms with E-state index in [0.717, 1.165) is 12.0 Å². The average Bonchev–Trinajstić information content (AvgIpc) is 2.52. The van der Waals surface area contributed by atoms with Crippen LogP contribution < -0.4 is 4.74 Å². The summed E-state index contributed by atoms with van der Waals surface area (Å²) in [4.78, 5) is 11.4. The molecule has 1 unspecified atom stereocenters. The second-order valence-corrected chi connectivity index (χ2v) is 4.63. The number of benzene rings is 2. The molecule has 0 aromatic heterocycles. The number of carbonyl (C=O) groups is 1. The van der Waals surface area contributed by atoms with Crippen LogP contribution >= 0.6 is 0 Å². The molecule has 0 saturated carbocycles. The summed E-state index contributed by atoms with van der Waals surface area (Å²) in [6.45, 7) is 0.655. The van der Waals surface area contributed by atoms with Gasteiger partial charge in [0, 0.05) is 12.7 Å². The molecule has 0 bridgehead atoms. The van der Waals surface area contributed by atoms with Gasteiger partial charge in [0.1, 0.15) is 5.75 Å². The van der Waals surface area contributed by atoms with Gasteiger partial charge in [0.05, 0.1) is 6.61 Å². The van der Waals surface area contributed by atoms with Gasteiger partial charge in [-0.1, -0.05) is 42.5 Å². The van der Waals surface area contributed by atoms with Crippen LogP contribution in [0.25, 0.3) is 0 Å². The van der Waals surface area contributed by atoms with Gasteiger partial charge in [-0.05, 0) is 24.1 Å². The van der Waals surface area contributed by atoms with Crippen molar-refractivity contribution < 1.29 is 19.4 Å². The van der Waals surface area contributed by atoms with Crippen molar-refractivity contribution in [3.05, 3.63) is 65.7 Å². The number of methoxy groups -OCH3 is 1. The Kier molecular flexibility index (Phi) is 5.35. The minimum Gasteiger partial charge on any atom is -0.478 e. The first-order valence-electron chi connectivity index (χ1n) is 6.73. The number of carboxylic acids is 1. The molecule has 1 N–H and O–H groups in total. The highest BCUT2D eigenvalue weighted by Crippen LogP contribution is 2.22. The fourth-order valence-corrected chi connectivity index (χ4v) is 1.98. The van der Waals surface area contributed by atoms with E-state index >= 15 is 0 Å². The van der Waals surface area contributed by atoms with Crippen molar-refractivity contribution in [1.82, 2.24) is 0 Å². The first-order chi connectivity index (χ1) is 10.2. The number of hydrogen-bond acceptors (Lipinski definition) is 3. The summed E-state index contributed by atoms with van der Waals surface area (Å²) in [6.07, 6.45) is -0.186. The summed E-state index contributed by atoms with van der Waals surface area (Å²) in [5.74, 6) is -0.475. The molecule has 21 heavy (non-hydrogen) atoms. The van der Waals surface area contributed by atoms with Crippen molar-refractivity contribution in [2.24, 2.45) is 0 Å². The lowest BCUT2D eigenvalue weighted by Crippen LogP contribution is -2.18. The smallest absolute Gasteiger partial charge is 0.349 e. The van der Waals surface area contributed by atoms with Crippen molar-refractivity contribution in [2.75, 3.05) is 13.7 Å². The van der Waals surface area contributed by atoms with Gasteiger partial charge in [-0.2, -0.15) is 0 Å². The third-order valence-corrected chi connectivity index (χ3v) is 3.10. The molecule has 1 atom stereocenters. The Bertz CT molecular complexity index is 563. The number of carboxylic acid groups (broad SMARTS) is 1. The van der Waals surface area contributed by atoms with E-state index in [4.69, 9.17) is 9.47 Å². The molecule has 0 spiro atoms. The van der Waals surface area contributed by atoms with E-state index in [0.29, 0.717) is 17.9 Å². The maximum Gasteiger partial charge on any atom is 0.349 e. The zero-order valence-electron chi connectivity index (χ0n) is 11.9. The Labute approximate surface area is 123 Å². The molecular formula is C17H18O4. The molecule has 0 saturated heterocycles. The lowest BCUT2D eigenvalue weighted by molar-refractivity contribution is -0.145.